The number of nitrogens with zero attached hydrogens (tertiary/aromatic N) is 1. The molecule has 0 atom stereocenters. The first kappa shape index (κ1) is 12.1. The summed E-state index contributed by atoms with van der Waals surface area (Å²) in [5.41, 5.74) is 1.47. The molecule has 4 nitrogen and oxygen atoms in total. The fourth-order valence-electron chi connectivity index (χ4n) is 1.57. The lowest BCUT2D eigenvalue weighted by molar-refractivity contribution is -0.115. The van der Waals surface area contributed by atoms with E-state index in [1.165, 1.54) is 0 Å². The Balaban J connectivity index is 1.99. The number of amides is 1. The van der Waals surface area contributed by atoms with E-state index < -0.39 is 0 Å². The molecule has 0 radical (unpaired) electrons. The van der Waals surface area contributed by atoms with Gasteiger partial charge in [-0.1, -0.05) is 12.1 Å². The number of rotatable bonds is 4. The molecule has 0 aliphatic rings. The summed E-state index contributed by atoms with van der Waals surface area (Å²) in [6.07, 6.45) is 1.94. The number of carbonyl (C=O) groups excluding carboxylic acids is 1. The lowest BCUT2D eigenvalue weighted by Gasteiger charge is -2.06. The number of anilines is 1. The van der Waals surface area contributed by atoms with Gasteiger partial charge in [0.25, 0.3) is 0 Å². The van der Waals surface area contributed by atoms with Crippen molar-refractivity contribution in [3.63, 3.8) is 0 Å². The number of methoxy groups -OCH3 is 1. The maximum atomic E-state index is 11.8. The largest absolute Gasteiger partial charge is 0.497 e. The maximum absolute atomic E-state index is 11.8. The van der Waals surface area contributed by atoms with E-state index in [1.807, 2.05) is 36.4 Å². The molecule has 0 fully saturated rings. The molecule has 1 N–H and O–H groups in total. The van der Waals surface area contributed by atoms with E-state index in [4.69, 9.17) is 4.74 Å². The van der Waals surface area contributed by atoms with Crippen LogP contribution in [0.4, 0.5) is 5.69 Å². The lowest BCUT2D eigenvalue weighted by Crippen LogP contribution is -2.15. The van der Waals surface area contributed by atoms with Gasteiger partial charge < -0.3 is 10.1 Å². The summed E-state index contributed by atoms with van der Waals surface area (Å²) in [6, 6.07) is 12.8. The van der Waals surface area contributed by atoms with Crippen molar-refractivity contribution in [3.8, 4) is 5.75 Å². The molecule has 0 spiro atoms. The minimum Gasteiger partial charge on any atom is -0.497 e. The monoisotopic (exact) mass is 242 g/mol. The Morgan fingerprint density at radius 3 is 2.89 bits per heavy atom. The van der Waals surface area contributed by atoms with Gasteiger partial charge >= 0.3 is 0 Å². The minimum absolute atomic E-state index is 0.0954. The Hall–Kier alpha value is -2.36. The van der Waals surface area contributed by atoms with Crippen LogP contribution in [-0.4, -0.2) is 18.0 Å². The molecule has 0 unspecified atom stereocenters. The molecular formula is C14H14N2O2. The highest BCUT2D eigenvalue weighted by Crippen LogP contribution is 2.16. The Morgan fingerprint density at radius 2 is 2.17 bits per heavy atom. The highest BCUT2D eigenvalue weighted by atomic mass is 16.5. The Labute approximate surface area is 106 Å². The van der Waals surface area contributed by atoms with Crippen LogP contribution < -0.4 is 10.1 Å². The van der Waals surface area contributed by atoms with E-state index in [2.05, 4.69) is 10.3 Å². The first-order valence-corrected chi connectivity index (χ1v) is 5.62. The van der Waals surface area contributed by atoms with E-state index >= 15 is 0 Å². The summed E-state index contributed by atoms with van der Waals surface area (Å²) >= 11 is 0. The molecule has 92 valence electrons. The van der Waals surface area contributed by atoms with Crippen molar-refractivity contribution in [3.05, 3.63) is 54.4 Å². The molecule has 1 amide bonds. The summed E-state index contributed by atoms with van der Waals surface area (Å²) in [5, 5.41) is 2.81. The van der Waals surface area contributed by atoms with Gasteiger partial charge in [0.15, 0.2) is 0 Å². The van der Waals surface area contributed by atoms with E-state index in [-0.39, 0.29) is 12.3 Å². The van der Waals surface area contributed by atoms with E-state index in [9.17, 15) is 4.79 Å². The number of benzene rings is 1. The first-order valence-electron chi connectivity index (χ1n) is 5.62. The number of hydrogen-bond donors (Lipinski definition) is 1. The standard InChI is InChI=1S/C14H14N2O2/c1-18-13-7-4-6-12(9-13)16-14(17)10-11-5-2-3-8-15-11/h2-9H,10H2,1H3,(H,16,17). The summed E-state index contributed by atoms with van der Waals surface area (Å²) in [4.78, 5) is 15.9. The predicted octanol–water partition coefficient (Wildman–Crippen LogP) is 2.27. The van der Waals surface area contributed by atoms with Crippen LogP contribution in [0, 0.1) is 0 Å². The lowest BCUT2D eigenvalue weighted by atomic mass is 10.2. The van der Waals surface area contributed by atoms with Crippen molar-refractivity contribution >= 4 is 11.6 Å². The zero-order valence-corrected chi connectivity index (χ0v) is 10.1. The maximum Gasteiger partial charge on any atom is 0.230 e. The van der Waals surface area contributed by atoms with Crippen molar-refractivity contribution in [1.82, 2.24) is 4.98 Å². The zero-order chi connectivity index (χ0) is 12.8. The average Bonchev–Trinajstić information content (AvgIpc) is 2.40. The van der Waals surface area contributed by atoms with Crippen LogP contribution in [0.2, 0.25) is 0 Å². The van der Waals surface area contributed by atoms with Crippen LogP contribution in [0.1, 0.15) is 5.69 Å². The summed E-state index contributed by atoms with van der Waals surface area (Å²) in [6.45, 7) is 0. The van der Waals surface area contributed by atoms with Gasteiger partial charge in [-0.3, -0.25) is 9.78 Å². The Morgan fingerprint density at radius 1 is 1.28 bits per heavy atom. The quantitative estimate of drug-likeness (QED) is 0.894. The molecule has 1 aromatic carbocycles. The van der Waals surface area contributed by atoms with Crippen LogP contribution in [0.3, 0.4) is 0 Å². The van der Waals surface area contributed by atoms with Gasteiger partial charge in [0, 0.05) is 23.6 Å². The fourth-order valence-corrected chi connectivity index (χ4v) is 1.57. The van der Waals surface area contributed by atoms with Crippen LogP contribution in [0.5, 0.6) is 5.75 Å². The topological polar surface area (TPSA) is 51.2 Å². The number of aromatic nitrogens is 1. The first-order chi connectivity index (χ1) is 8.78. The molecule has 0 aliphatic heterocycles. The van der Waals surface area contributed by atoms with Crippen LogP contribution in [0.25, 0.3) is 0 Å². The van der Waals surface area contributed by atoms with E-state index in [1.54, 1.807) is 19.4 Å². The van der Waals surface area contributed by atoms with Crippen molar-refractivity contribution in [2.24, 2.45) is 0 Å². The van der Waals surface area contributed by atoms with Gasteiger partial charge in [-0.15, -0.1) is 0 Å². The molecule has 2 rings (SSSR count). The SMILES string of the molecule is COc1cccc(NC(=O)Cc2ccccn2)c1. The smallest absolute Gasteiger partial charge is 0.230 e. The minimum atomic E-state index is -0.0954. The van der Waals surface area contributed by atoms with Gasteiger partial charge in [-0.25, -0.2) is 0 Å². The van der Waals surface area contributed by atoms with Crippen LogP contribution >= 0.6 is 0 Å². The second-order valence-corrected chi connectivity index (χ2v) is 3.78. The molecule has 0 aliphatic carbocycles. The van der Waals surface area contributed by atoms with Gasteiger partial charge in [0.2, 0.25) is 5.91 Å². The molecule has 0 saturated heterocycles. The number of pyridine rings is 1. The molecule has 0 saturated carbocycles. The summed E-state index contributed by atoms with van der Waals surface area (Å²) < 4.78 is 5.09. The highest BCUT2D eigenvalue weighted by Gasteiger charge is 2.05. The summed E-state index contributed by atoms with van der Waals surface area (Å²) in [7, 11) is 1.59. The van der Waals surface area contributed by atoms with E-state index in [0.717, 1.165) is 11.4 Å². The average molecular weight is 242 g/mol. The normalized spacial score (nSPS) is 9.83. The fraction of sp³-hybridized carbons (Fsp3) is 0.143. The Bertz CT molecular complexity index is 526. The third-order valence-electron chi connectivity index (χ3n) is 2.42. The van der Waals surface area contributed by atoms with Gasteiger partial charge in [0.1, 0.15) is 5.75 Å². The second-order valence-electron chi connectivity index (χ2n) is 3.78. The zero-order valence-electron chi connectivity index (χ0n) is 10.1. The molecule has 18 heavy (non-hydrogen) atoms. The molecule has 0 bridgehead atoms. The Kier molecular flexibility index (Phi) is 3.91. The molecule has 1 heterocycles. The van der Waals surface area contributed by atoms with Crippen LogP contribution in [-0.2, 0) is 11.2 Å². The highest BCUT2D eigenvalue weighted by molar-refractivity contribution is 5.92. The van der Waals surface area contributed by atoms with E-state index in [0.29, 0.717) is 5.75 Å². The number of carbonyl (C=O) groups is 1. The molecular weight excluding hydrogens is 228 g/mol. The number of ether oxygens (including phenoxy) is 1. The van der Waals surface area contributed by atoms with Crippen molar-refractivity contribution < 1.29 is 9.53 Å². The third-order valence-corrected chi connectivity index (χ3v) is 2.42. The second kappa shape index (κ2) is 5.82. The third kappa shape index (κ3) is 3.31. The van der Waals surface area contributed by atoms with Crippen LogP contribution in [0.15, 0.2) is 48.7 Å². The van der Waals surface area contributed by atoms with Crippen molar-refractivity contribution in [2.45, 2.75) is 6.42 Å². The molecule has 4 heteroatoms. The number of nitrogens with one attached hydrogen (secondary N) is 1. The molecule has 1 aromatic heterocycles. The summed E-state index contributed by atoms with van der Waals surface area (Å²) in [5.74, 6) is 0.618. The van der Waals surface area contributed by atoms with Gasteiger partial charge in [-0.05, 0) is 24.3 Å². The number of hydrogen-bond acceptors (Lipinski definition) is 3. The van der Waals surface area contributed by atoms with Gasteiger partial charge in [0.05, 0.1) is 13.5 Å². The van der Waals surface area contributed by atoms with Crippen molar-refractivity contribution in [2.75, 3.05) is 12.4 Å². The predicted molar refractivity (Wildman–Crippen MR) is 69.6 cm³/mol. The molecule has 2 aromatic rings. The van der Waals surface area contributed by atoms with Gasteiger partial charge in [-0.2, -0.15) is 0 Å². The van der Waals surface area contributed by atoms with Crippen molar-refractivity contribution in [1.29, 1.82) is 0 Å².